The van der Waals surface area contributed by atoms with E-state index >= 15 is 0 Å². The normalized spacial score (nSPS) is 14.6. The van der Waals surface area contributed by atoms with Crippen LogP contribution >= 0.6 is 11.6 Å². The van der Waals surface area contributed by atoms with Gasteiger partial charge in [-0.1, -0.05) is 11.6 Å². The first-order valence-electron chi connectivity index (χ1n) is 6.28. The fourth-order valence-electron chi connectivity index (χ4n) is 1.73. The number of halogens is 1. The quantitative estimate of drug-likeness (QED) is 0.883. The van der Waals surface area contributed by atoms with Crippen molar-refractivity contribution in [1.29, 1.82) is 0 Å². The molecular formula is C13H15ClN4O. The topological polar surface area (TPSA) is 62.8 Å². The third-order valence-corrected chi connectivity index (χ3v) is 3.19. The fourth-order valence-corrected chi connectivity index (χ4v) is 1.96. The van der Waals surface area contributed by atoms with Gasteiger partial charge >= 0.3 is 0 Å². The number of aromatic nitrogens is 3. The molecule has 0 aromatic carbocycles. The molecule has 1 fully saturated rings. The maximum atomic E-state index is 6.16. The number of hydrogen-bond acceptors (Lipinski definition) is 4. The number of rotatable bonds is 5. The molecule has 1 saturated carbocycles. The summed E-state index contributed by atoms with van der Waals surface area (Å²) in [5.41, 5.74) is 1.99. The second-order valence-electron chi connectivity index (χ2n) is 4.78. The van der Waals surface area contributed by atoms with Gasteiger partial charge in [0.2, 0.25) is 11.8 Å². The highest BCUT2D eigenvalue weighted by atomic mass is 35.5. The van der Waals surface area contributed by atoms with Crippen LogP contribution in [0.25, 0.3) is 0 Å². The molecule has 19 heavy (non-hydrogen) atoms. The molecule has 0 amide bonds. The molecule has 5 nitrogen and oxygen atoms in total. The Kier molecular flexibility index (Phi) is 3.40. The van der Waals surface area contributed by atoms with Gasteiger partial charge in [-0.2, -0.15) is 0 Å². The van der Waals surface area contributed by atoms with E-state index in [0.717, 1.165) is 17.8 Å². The molecule has 0 atom stereocenters. The van der Waals surface area contributed by atoms with Crippen molar-refractivity contribution in [2.24, 2.45) is 0 Å². The molecule has 0 saturated heterocycles. The Labute approximate surface area is 116 Å². The number of pyridine rings is 1. The molecule has 0 aliphatic heterocycles. The lowest BCUT2D eigenvalue weighted by Crippen LogP contribution is -2.15. The second kappa shape index (κ2) is 5.19. The van der Waals surface area contributed by atoms with E-state index in [1.165, 1.54) is 12.8 Å². The Bertz CT molecular complexity index is 580. The fraction of sp³-hybridized carbons (Fsp3) is 0.385. The van der Waals surface area contributed by atoms with Gasteiger partial charge in [0, 0.05) is 30.5 Å². The average molecular weight is 279 g/mol. The molecule has 0 spiro atoms. The molecule has 2 aromatic heterocycles. The summed E-state index contributed by atoms with van der Waals surface area (Å²) in [6.45, 7) is 2.70. The summed E-state index contributed by atoms with van der Waals surface area (Å²) in [4.78, 5) is 4.23. The third kappa shape index (κ3) is 3.24. The van der Waals surface area contributed by atoms with Crippen LogP contribution in [0.5, 0.6) is 11.8 Å². The zero-order valence-corrected chi connectivity index (χ0v) is 11.4. The van der Waals surface area contributed by atoms with Crippen molar-refractivity contribution in [2.75, 3.05) is 0 Å². The van der Waals surface area contributed by atoms with Gasteiger partial charge in [0.15, 0.2) is 0 Å². The molecule has 2 heterocycles. The van der Waals surface area contributed by atoms with Gasteiger partial charge in [-0.15, -0.1) is 5.10 Å². The molecule has 0 radical (unpaired) electrons. The van der Waals surface area contributed by atoms with E-state index in [1.807, 2.05) is 13.0 Å². The lowest BCUT2D eigenvalue weighted by atomic mass is 10.3. The Morgan fingerprint density at radius 3 is 2.95 bits per heavy atom. The van der Waals surface area contributed by atoms with E-state index in [4.69, 9.17) is 16.3 Å². The van der Waals surface area contributed by atoms with Gasteiger partial charge in [-0.3, -0.25) is 5.10 Å². The van der Waals surface area contributed by atoms with Crippen molar-refractivity contribution in [1.82, 2.24) is 20.5 Å². The van der Waals surface area contributed by atoms with Gasteiger partial charge in [-0.25, -0.2) is 4.98 Å². The van der Waals surface area contributed by atoms with E-state index in [-0.39, 0.29) is 0 Å². The lowest BCUT2D eigenvalue weighted by molar-refractivity contribution is 0.443. The summed E-state index contributed by atoms with van der Waals surface area (Å²) in [5, 5.41) is 10.7. The minimum Gasteiger partial charge on any atom is -0.417 e. The van der Waals surface area contributed by atoms with Crippen LogP contribution in [0, 0.1) is 6.92 Å². The van der Waals surface area contributed by atoms with Gasteiger partial charge in [0.25, 0.3) is 0 Å². The summed E-state index contributed by atoms with van der Waals surface area (Å²) in [6, 6.07) is 4.33. The van der Waals surface area contributed by atoms with Gasteiger partial charge < -0.3 is 10.1 Å². The number of aromatic amines is 1. The molecule has 2 N–H and O–H groups in total. The van der Waals surface area contributed by atoms with Crippen molar-refractivity contribution in [2.45, 2.75) is 32.4 Å². The minimum atomic E-state index is 0.378. The van der Waals surface area contributed by atoms with E-state index in [9.17, 15) is 0 Å². The molecule has 2 aromatic rings. The Balaban J connectivity index is 1.67. The predicted octanol–water partition coefficient (Wildman–Crippen LogP) is 2.81. The van der Waals surface area contributed by atoms with Crippen LogP contribution in [-0.4, -0.2) is 21.2 Å². The molecule has 1 aliphatic rings. The zero-order chi connectivity index (χ0) is 13.2. The van der Waals surface area contributed by atoms with Crippen LogP contribution in [0.3, 0.4) is 0 Å². The Morgan fingerprint density at radius 2 is 2.32 bits per heavy atom. The summed E-state index contributed by atoms with van der Waals surface area (Å²) in [6.07, 6.45) is 4.30. The zero-order valence-electron chi connectivity index (χ0n) is 10.6. The summed E-state index contributed by atoms with van der Waals surface area (Å²) in [5.74, 6) is 0.846. The average Bonchev–Trinajstić information content (AvgIpc) is 3.13. The van der Waals surface area contributed by atoms with E-state index in [0.29, 0.717) is 22.8 Å². The predicted molar refractivity (Wildman–Crippen MR) is 72.5 cm³/mol. The van der Waals surface area contributed by atoms with Crippen LogP contribution in [0.1, 0.15) is 24.1 Å². The highest BCUT2D eigenvalue weighted by Gasteiger charge is 2.20. The second-order valence-corrected chi connectivity index (χ2v) is 5.18. The highest BCUT2D eigenvalue weighted by Crippen LogP contribution is 2.27. The summed E-state index contributed by atoms with van der Waals surface area (Å²) < 4.78 is 5.52. The number of aryl methyl sites for hydroxylation is 1. The maximum Gasteiger partial charge on any atom is 0.240 e. The SMILES string of the molecule is Cc1cc(Oc2ncc(CNC3CC3)cc2Cl)n[nH]1. The number of ether oxygens (including phenoxy) is 1. The lowest BCUT2D eigenvalue weighted by Gasteiger charge is -2.06. The van der Waals surface area contributed by atoms with Crippen LogP contribution < -0.4 is 10.1 Å². The van der Waals surface area contributed by atoms with Crippen molar-refractivity contribution < 1.29 is 4.74 Å². The van der Waals surface area contributed by atoms with Gasteiger partial charge in [-0.05, 0) is 31.4 Å². The van der Waals surface area contributed by atoms with Gasteiger partial charge in [0.05, 0.1) is 0 Å². The third-order valence-electron chi connectivity index (χ3n) is 2.92. The summed E-state index contributed by atoms with van der Waals surface area (Å²) >= 11 is 6.16. The smallest absolute Gasteiger partial charge is 0.240 e. The standard InChI is InChI=1S/C13H15ClN4O/c1-8-4-12(18-17-8)19-13-11(14)5-9(7-16-13)6-15-10-2-3-10/h4-5,7,10,15H,2-3,6H2,1H3,(H,17,18). The number of nitrogens with one attached hydrogen (secondary N) is 2. The van der Waals surface area contributed by atoms with Crippen molar-refractivity contribution in [3.8, 4) is 11.8 Å². The van der Waals surface area contributed by atoms with Crippen molar-refractivity contribution >= 4 is 11.6 Å². The Morgan fingerprint density at radius 1 is 1.47 bits per heavy atom. The highest BCUT2D eigenvalue weighted by molar-refractivity contribution is 6.31. The van der Waals surface area contributed by atoms with E-state index in [2.05, 4.69) is 20.5 Å². The molecule has 0 unspecified atom stereocenters. The molecule has 3 rings (SSSR count). The number of hydrogen-bond donors (Lipinski definition) is 2. The van der Waals surface area contributed by atoms with Crippen LogP contribution in [-0.2, 0) is 6.54 Å². The van der Waals surface area contributed by atoms with Crippen LogP contribution in [0.4, 0.5) is 0 Å². The first-order valence-corrected chi connectivity index (χ1v) is 6.66. The minimum absolute atomic E-state index is 0.378. The molecule has 1 aliphatic carbocycles. The van der Waals surface area contributed by atoms with Crippen LogP contribution in [0.2, 0.25) is 5.02 Å². The van der Waals surface area contributed by atoms with Crippen molar-refractivity contribution in [3.05, 3.63) is 34.6 Å². The molecular weight excluding hydrogens is 264 g/mol. The Hall–Kier alpha value is -1.59. The number of H-pyrrole nitrogens is 1. The largest absolute Gasteiger partial charge is 0.417 e. The van der Waals surface area contributed by atoms with Crippen molar-refractivity contribution in [3.63, 3.8) is 0 Å². The van der Waals surface area contributed by atoms with Crippen LogP contribution in [0.15, 0.2) is 18.3 Å². The molecule has 6 heteroatoms. The van der Waals surface area contributed by atoms with E-state index in [1.54, 1.807) is 12.3 Å². The monoisotopic (exact) mass is 278 g/mol. The maximum absolute atomic E-state index is 6.16. The summed E-state index contributed by atoms with van der Waals surface area (Å²) in [7, 11) is 0. The van der Waals surface area contributed by atoms with Gasteiger partial charge in [0.1, 0.15) is 5.02 Å². The number of nitrogens with zero attached hydrogens (tertiary/aromatic N) is 2. The molecule has 0 bridgehead atoms. The van der Waals surface area contributed by atoms with E-state index < -0.39 is 0 Å². The first-order chi connectivity index (χ1) is 9.20. The molecule has 100 valence electrons. The first kappa shape index (κ1) is 12.4.